The average Bonchev–Trinajstić information content (AvgIpc) is 2.94. The van der Waals surface area contributed by atoms with E-state index in [0.29, 0.717) is 12.0 Å². The fourth-order valence-electron chi connectivity index (χ4n) is 4.14. The maximum atomic E-state index is 13.3. The van der Waals surface area contributed by atoms with Crippen molar-refractivity contribution in [1.82, 2.24) is 15.5 Å². The van der Waals surface area contributed by atoms with Crippen LogP contribution in [0.2, 0.25) is 0 Å². The molecule has 0 radical (unpaired) electrons. The summed E-state index contributed by atoms with van der Waals surface area (Å²) >= 11 is 0. The molecule has 3 aromatic carbocycles. The number of Topliss-reactive ketones (excluding diaryl/α,β-unsaturated/α-hetero) is 1. The highest BCUT2D eigenvalue weighted by molar-refractivity contribution is 6.01. The van der Waals surface area contributed by atoms with Gasteiger partial charge < -0.3 is 10.6 Å². The molecule has 0 saturated heterocycles. The Labute approximate surface area is 225 Å². The Kier molecular flexibility index (Phi) is 11.0. The van der Waals surface area contributed by atoms with Crippen LogP contribution in [0.15, 0.2) is 78.9 Å². The summed E-state index contributed by atoms with van der Waals surface area (Å²) in [4.78, 5) is 39.9. The molecule has 0 aliphatic rings. The Balaban J connectivity index is 1.75. The van der Waals surface area contributed by atoms with Crippen LogP contribution in [-0.4, -0.2) is 48.2 Å². The molecule has 0 saturated carbocycles. The topological polar surface area (TPSA) is 78.5 Å². The summed E-state index contributed by atoms with van der Waals surface area (Å²) in [5.41, 5.74) is 4.46. The SMILES string of the molecule is CCN(CC)Cc1ccc(C=Cc2ccccc2C(=O)N[C@@H](Cc2ccccc2)C(=O)CNC(C)=O)cc1. The smallest absolute Gasteiger partial charge is 0.252 e. The van der Waals surface area contributed by atoms with Gasteiger partial charge in [0.1, 0.15) is 0 Å². The summed E-state index contributed by atoms with van der Waals surface area (Å²) < 4.78 is 0. The van der Waals surface area contributed by atoms with Crippen molar-refractivity contribution in [3.63, 3.8) is 0 Å². The highest BCUT2D eigenvalue weighted by Crippen LogP contribution is 2.16. The highest BCUT2D eigenvalue weighted by atomic mass is 16.2. The summed E-state index contributed by atoms with van der Waals surface area (Å²) in [7, 11) is 0. The molecule has 2 amide bonds. The molecule has 6 heteroatoms. The molecule has 6 nitrogen and oxygen atoms in total. The number of nitrogens with zero attached hydrogens (tertiary/aromatic N) is 1. The van der Waals surface area contributed by atoms with Gasteiger partial charge in [0.2, 0.25) is 5.91 Å². The highest BCUT2D eigenvalue weighted by Gasteiger charge is 2.22. The van der Waals surface area contributed by atoms with E-state index in [-0.39, 0.29) is 24.1 Å². The van der Waals surface area contributed by atoms with Crippen LogP contribution in [0.5, 0.6) is 0 Å². The zero-order valence-corrected chi connectivity index (χ0v) is 22.4. The van der Waals surface area contributed by atoms with E-state index in [4.69, 9.17) is 0 Å². The van der Waals surface area contributed by atoms with Gasteiger partial charge in [-0.3, -0.25) is 19.3 Å². The fraction of sp³-hybridized carbons (Fsp3) is 0.281. The summed E-state index contributed by atoms with van der Waals surface area (Å²) in [6.07, 6.45) is 4.24. The number of amides is 2. The standard InChI is InChI=1S/C32H37N3O3/c1-4-35(5-2)23-27-17-15-25(16-18-27)19-20-28-13-9-10-14-29(28)32(38)34-30(31(37)22-33-24(3)36)21-26-11-7-6-8-12-26/h6-20,30H,4-5,21-23H2,1-3H3,(H,33,36)(H,34,38)/t30-/m0/s1. The molecule has 3 rings (SSSR count). The van der Waals surface area contributed by atoms with Gasteiger partial charge in [-0.15, -0.1) is 0 Å². The number of carbonyl (C=O) groups is 3. The number of hydrogen-bond donors (Lipinski definition) is 2. The molecule has 0 bridgehead atoms. The van der Waals surface area contributed by atoms with Gasteiger partial charge in [-0.05, 0) is 47.8 Å². The van der Waals surface area contributed by atoms with Gasteiger partial charge in [-0.25, -0.2) is 0 Å². The molecule has 198 valence electrons. The maximum absolute atomic E-state index is 13.3. The van der Waals surface area contributed by atoms with Gasteiger partial charge in [0.05, 0.1) is 12.6 Å². The molecule has 0 heterocycles. The summed E-state index contributed by atoms with van der Waals surface area (Å²) in [6.45, 7) is 8.50. The van der Waals surface area contributed by atoms with Gasteiger partial charge in [0, 0.05) is 19.0 Å². The Morgan fingerprint density at radius 3 is 2.13 bits per heavy atom. The van der Waals surface area contributed by atoms with Gasteiger partial charge in [0.15, 0.2) is 5.78 Å². The van der Waals surface area contributed by atoms with Crippen LogP contribution in [0, 0.1) is 0 Å². The first kappa shape index (κ1) is 28.5. The normalized spacial score (nSPS) is 11.9. The zero-order chi connectivity index (χ0) is 27.3. The fourth-order valence-corrected chi connectivity index (χ4v) is 4.14. The van der Waals surface area contributed by atoms with E-state index in [1.165, 1.54) is 12.5 Å². The molecule has 0 aromatic heterocycles. The third-order valence-electron chi connectivity index (χ3n) is 6.43. The van der Waals surface area contributed by atoms with Gasteiger partial charge in [-0.1, -0.05) is 98.8 Å². The van der Waals surface area contributed by atoms with E-state index in [1.807, 2.05) is 54.6 Å². The first-order valence-corrected chi connectivity index (χ1v) is 13.1. The van der Waals surface area contributed by atoms with E-state index >= 15 is 0 Å². The van der Waals surface area contributed by atoms with Crippen LogP contribution in [0.25, 0.3) is 12.2 Å². The van der Waals surface area contributed by atoms with Crippen LogP contribution in [-0.2, 0) is 22.6 Å². The molecule has 0 aliphatic carbocycles. The van der Waals surface area contributed by atoms with Crippen molar-refractivity contribution in [1.29, 1.82) is 0 Å². The largest absolute Gasteiger partial charge is 0.349 e. The molecule has 0 aliphatic heterocycles. The monoisotopic (exact) mass is 511 g/mol. The number of ketones is 1. The van der Waals surface area contributed by atoms with Gasteiger partial charge >= 0.3 is 0 Å². The van der Waals surface area contributed by atoms with Crippen molar-refractivity contribution < 1.29 is 14.4 Å². The minimum Gasteiger partial charge on any atom is -0.349 e. The number of carbonyl (C=O) groups excluding carboxylic acids is 3. The first-order valence-electron chi connectivity index (χ1n) is 13.1. The van der Waals surface area contributed by atoms with Crippen LogP contribution in [0.3, 0.4) is 0 Å². The molecule has 1 atom stereocenters. The second-order valence-corrected chi connectivity index (χ2v) is 9.22. The molecular formula is C32H37N3O3. The van der Waals surface area contributed by atoms with Crippen molar-refractivity contribution in [2.45, 2.75) is 39.8 Å². The number of nitrogens with one attached hydrogen (secondary N) is 2. The van der Waals surface area contributed by atoms with Gasteiger partial charge in [-0.2, -0.15) is 0 Å². The zero-order valence-electron chi connectivity index (χ0n) is 22.4. The second kappa shape index (κ2) is 14.6. The lowest BCUT2D eigenvalue weighted by molar-refractivity contribution is -0.124. The Bertz CT molecular complexity index is 1230. The lowest BCUT2D eigenvalue weighted by atomic mass is 10.00. The van der Waals surface area contributed by atoms with E-state index in [1.54, 1.807) is 12.1 Å². The quantitative estimate of drug-likeness (QED) is 0.325. The molecule has 0 fully saturated rings. The van der Waals surface area contributed by atoms with Gasteiger partial charge in [0.25, 0.3) is 5.91 Å². The molecule has 0 unspecified atom stereocenters. The molecule has 2 N–H and O–H groups in total. The Hall–Kier alpha value is -4.03. The van der Waals surface area contributed by atoms with Crippen LogP contribution in [0.1, 0.15) is 53.4 Å². The molecule has 38 heavy (non-hydrogen) atoms. The summed E-state index contributed by atoms with van der Waals surface area (Å²) in [5.74, 6) is -0.883. The minimum absolute atomic E-state index is 0.140. The van der Waals surface area contributed by atoms with E-state index in [0.717, 1.165) is 36.3 Å². The number of benzene rings is 3. The predicted molar refractivity (Wildman–Crippen MR) is 154 cm³/mol. The first-order chi connectivity index (χ1) is 18.4. The van der Waals surface area contributed by atoms with E-state index < -0.39 is 6.04 Å². The van der Waals surface area contributed by atoms with E-state index in [9.17, 15) is 14.4 Å². The van der Waals surface area contributed by atoms with Crippen molar-refractivity contribution >= 4 is 29.7 Å². The molecule has 0 spiro atoms. The lowest BCUT2D eigenvalue weighted by Gasteiger charge is -2.19. The summed E-state index contributed by atoms with van der Waals surface area (Å²) in [5, 5.41) is 5.44. The third-order valence-corrected chi connectivity index (χ3v) is 6.43. The maximum Gasteiger partial charge on any atom is 0.252 e. The minimum atomic E-state index is -0.771. The van der Waals surface area contributed by atoms with E-state index in [2.05, 4.69) is 53.6 Å². The molecule has 3 aromatic rings. The summed E-state index contributed by atoms with van der Waals surface area (Å²) in [6, 6.07) is 24.5. The van der Waals surface area contributed by atoms with Crippen molar-refractivity contribution in [2.24, 2.45) is 0 Å². The number of hydrogen-bond acceptors (Lipinski definition) is 4. The second-order valence-electron chi connectivity index (χ2n) is 9.22. The predicted octanol–water partition coefficient (Wildman–Crippen LogP) is 4.75. The third kappa shape index (κ3) is 8.82. The van der Waals surface area contributed by atoms with Crippen LogP contribution >= 0.6 is 0 Å². The Morgan fingerprint density at radius 1 is 0.816 bits per heavy atom. The lowest BCUT2D eigenvalue weighted by Crippen LogP contribution is -2.46. The average molecular weight is 512 g/mol. The van der Waals surface area contributed by atoms with Crippen LogP contribution in [0.4, 0.5) is 0 Å². The number of rotatable bonds is 13. The van der Waals surface area contributed by atoms with Crippen molar-refractivity contribution in [3.8, 4) is 0 Å². The Morgan fingerprint density at radius 2 is 1.47 bits per heavy atom. The van der Waals surface area contributed by atoms with Crippen LogP contribution < -0.4 is 10.6 Å². The van der Waals surface area contributed by atoms with Crippen molar-refractivity contribution in [3.05, 3.63) is 107 Å². The van der Waals surface area contributed by atoms with Crippen molar-refractivity contribution in [2.75, 3.05) is 19.6 Å². The molecular weight excluding hydrogens is 474 g/mol.